The topological polar surface area (TPSA) is 77.1 Å². The Morgan fingerprint density at radius 2 is 1.59 bits per heavy atom. The molecule has 0 aliphatic rings. The molecule has 0 unspecified atom stereocenters. The van der Waals surface area contributed by atoms with E-state index in [1.54, 1.807) is 31.3 Å². The third-order valence-electron chi connectivity index (χ3n) is 5.32. The van der Waals surface area contributed by atoms with E-state index >= 15 is 0 Å². The molecule has 2 amide bonds. The van der Waals surface area contributed by atoms with Crippen LogP contribution in [0.15, 0.2) is 48.5 Å². The SMILES string of the molecule is CC[C@H](C(=O)N[C@@H](C)CC)N(Cc1ccc(OC)cc1)C(=O)COc1ccccc1OC. The molecule has 0 radical (unpaired) electrons. The summed E-state index contributed by atoms with van der Waals surface area (Å²) in [6.07, 6.45) is 1.30. The van der Waals surface area contributed by atoms with E-state index in [0.717, 1.165) is 17.7 Å². The lowest BCUT2D eigenvalue weighted by molar-refractivity contribution is -0.143. The summed E-state index contributed by atoms with van der Waals surface area (Å²) in [4.78, 5) is 27.8. The number of carbonyl (C=O) groups excluding carboxylic acids is 2. The van der Waals surface area contributed by atoms with Crippen molar-refractivity contribution in [1.82, 2.24) is 10.2 Å². The monoisotopic (exact) mass is 442 g/mol. The number of rotatable bonds is 12. The first-order valence-electron chi connectivity index (χ1n) is 10.9. The Morgan fingerprint density at radius 1 is 0.938 bits per heavy atom. The molecule has 0 aliphatic carbocycles. The number of hydrogen-bond acceptors (Lipinski definition) is 5. The van der Waals surface area contributed by atoms with Crippen LogP contribution >= 0.6 is 0 Å². The summed E-state index contributed by atoms with van der Waals surface area (Å²) in [7, 11) is 3.15. The van der Waals surface area contributed by atoms with E-state index in [4.69, 9.17) is 14.2 Å². The summed E-state index contributed by atoms with van der Waals surface area (Å²) in [6, 6.07) is 14.0. The summed E-state index contributed by atoms with van der Waals surface area (Å²) in [5.74, 6) is 1.31. The van der Waals surface area contributed by atoms with Crippen LogP contribution in [0.25, 0.3) is 0 Å². The van der Waals surface area contributed by atoms with Crippen molar-refractivity contribution < 1.29 is 23.8 Å². The first-order chi connectivity index (χ1) is 15.4. The molecular formula is C25H34N2O5. The minimum Gasteiger partial charge on any atom is -0.497 e. The Morgan fingerprint density at radius 3 is 2.16 bits per heavy atom. The van der Waals surface area contributed by atoms with Gasteiger partial charge >= 0.3 is 0 Å². The molecular weight excluding hydrogens is 408 g/mol. The number of ether oxygens (including phenoxy) is 3. The average molecular weight is 443 g/mol. The van der Waals surface area contributed by atoms with Crippen molar-refractivity contribution in [2.45, 2.75) is 52.2 Å². The number of nitrogens with zero attached hydrogens (tertiary/aromatic N) is 1. The molecule has 0 fully saturated rings. The molecule has 32 heavy (non-hydrogen) atoms. The number of amides is 2. The van der Waals surface area contributed by atoms with Crippen LogP contribution in [0.3, 0.4) is 0 Å². The van der Waals surface area contributed by atoms with Crippen molar-refractivity contribution in [3.05, 3.63) is 54.1 Å². The zero-order valence-electron chi connectivity index (χ0n) is 19.6. The second-order valence-corrected chi connectivity index (χ2v) is 7.55. The Bertz CT molecular complexity index is 869. The lowest BCUT2D eigenvalue weighted by atomic mass is 10.1. The Kier molecular flexibility index (Phi) is 9.85. The van der Waals surface area contributed by atoms with Gasteiger partial charge in [0.05, 0.1) is 14.2 Å². The van der Waals surface area contributed by atoms with E-state index in [1.807, 2.05) is 57.2 Å². The molecule has 7 nitrogen and oxygen atoms in total. The van der Waals surface area contributed by atoms with Crippen molar-refractivity contribution in [3.63, 3.8) is 0 Å². The normalized spacial score (nSPS) is 12.4. The van der Waals surface area contributed by atoms with Gasteiger partial charge < -0.3 is 24.4 Å². The van der Waals surface area contributed by atoms with Crippen molar-refractivity contribution in [1.29, 1.82) is 0 Å². The predicted molar refractivity (Wildman–Crippen MR) is 124 cm³/mol. The van der Waals surface area contributed by atoms with Crippen molar-refractivity contribution in [3.8, 4) is 17.2 Å². The Hall–Kier alpha value is -3.22. The van der Waals surface area contributed by atoms with Gasteiger partial charge in [-0.3, -0.25) is 9.59 Å². The fourth-order valence-corrected chi connectivity index (χ4v) is 3.25. The largest absolute Gasteiger partial charge is 0.497 e. The van der Waals surface area contributed by atoms with Gasteiger partial charge in [-0.1, -0.05) is 38.1 Å². The maximum absolute atomic E-state index is 13.3. The van der Waals surface area contributed by atoms with E-state index in [0.29, 0.717) is 17.9 Å². The van der Waals surface area contributed by atoms with Crippen LogP contribution in [0.2, 0.25) is 0 Å². The molecule has 2 aromatic rings. The lowest BCUT2D eigenvalue weighted by Crippen LogP contribution is -2.51. The third-order valence-corrected chi connectivity index (χ3v) is 5.32. The first-order valence-corrected chi connectivity index (χ1v) is 10.9. The molecule has 0 heterocycles. The van der Waals surface area contributed by atoms with Crippen LogP contribution in [-0.4, -0.2) is 49.6 Å². The molecule has 1 N–H and O–H groups in total. The van der Waals surface area contributed by atoms with Gasteiger partial charge in [-0.2, -0.15) is 0 Å². The second-order valence-electron chi connectivity index (χ2n) is 7.55. The second kappa shape index (κ2) is 12.6. The van der Waals surface area contributed by atoms with E-state index in [2.05, 4.69) is 5.32 Å². The number of para-hydroxylation sites is 2. The summed E-state index contributed by atoms with van der Waals surface area (Å²) >= 11 is 0. The highest BCUT2D eigenvalue weighted by Gasteiger charge is 2.29. The number of benzene rings is 2. The highest BCUT2D eigenvalue weighted by Crippen LogP contribution is 2.26. The number of nitrogens with one attached hydrogen (secondary N) is 1. The quantitative estimate of drug-likeness (QED) is 0.541. The van der Waals surface area contributed by atoms with E-state index in [9.17, 15) is 9.59 Å². The molecule has 0 saturated carbocycles. The predicted octanol–water partition coefficient (Wildman–Crippen LogP) is 3.80. The molecule has 0 bridgehead atoms. The zero-order valence-corrected chi connectivity index (χ0v) is 19.6. The number of methoxy groups -OCH3 is 2. The fourth-order valence-electron chi connectivity index (χ4n) is 3.25. The maximum Gasteiger partial charge on any atom is 0.261 e. The molecule has 0 aromatic heterocycles. The Balaban J connectivity index is 2.23. The van der Waals surface area contributed by atoms with Gasteiger partial charge in [0, 0.05) is 12.6 Å². The summed E-state index contributed by atoms with van der Waals surface area (Å²) < 4.78 is 16.3. The van der Waals surface area contributed by atoms with Crippen LogP contribution in [0.4, 0.5) is 0 Å². The van der Waals surface area contributed by atoms with Gasteiger partial charge in [0.2, 0.25) is 5.91 Å². The van der Waals surface area contributed by atoms with Crippen LogP contribution in [-0.2, 0) is 16.1 Å². The minimum absolute atomic E-state index is 0.0271. The molecule has 174 valence electrons. The molecule has 7 heteroatoms. The fraction of sp³-hybridized carbons (Fsp3) is 0.440. The summed E-state index contributed by atoms with van der Waals surface area (Å²) in [5.41, 5.74) is 0.895. The third kappa shape index (κ3) is 6.90. The number of hydrogen-bond donors (Lipinski definition) is 1. The van der Waals surface area contributed by atoms with Gasteiger partial charge in [0.1, 0.15) is 11.8 Å². The summed E-state index contributed by atoms with van der Waals surface area (Å²) in [6.45, 7) is 5.93. The first kappa shape index (κ1) is 25.0. The minimum atomic E-state index is -0.611. The average Bonchev–Trinajstić information content (AvgIpc) is 2.82. The van der Waals surface area contributed by atoms with E-state index in [-0.39, 0.29) is 31.0 Å². The molecule has 2 aromatic carbocycles. The maximum atomic E-state index is 13.3. The van der Waals surface area contributed by atoms with E-state index in [1.165, 1.54) is 0 Å². The molecule has 0 spiro atoms. The van der Waals surface area contributed by atoms with Gasteiger partial charge in [-0.15, -0.1) is 0 Å². The zero-order chi connectivity index (χ0) is 23.5. The van der Waals surface area contributed by atoms with Crippen LogP contribution in [0.1, 0.15) is 39.2 Å². The summed E-state index contributed by atoms with van der Waals surface area (Å²) in [5, 5.41) is 3.00. The van der Waals surface area contributed by atoms with Gasteiger partial charge in [0.25, 0.3) is 5.91 Å². The number of carbonyl (C=O) groups is 2. The molecule has 0 aliphatic heterocycles. The van der Waals surface area contributed by atoms with Gasteiger partial charge in [-0.05, 0) is 49.6 Å². The van der Waals surface area contributed by atoms with Gasteiger partial charge in [-0.25, -0.2) is 0 Å². The highest BCUT2D eigenvalue weighted by atomic mass is 16.5. The van der Waals surface area contributed by atoms with Crippen molar-refractivity contribution in [2.75, 3.05) is 20.8 Å². The van der Waals surface area contributed by atoms with E-state index < -0.39 is 6.04 Å². The van der Waals surface area contributed by atoms with Crippen LogP contribution in [0.5, 0.6) is 17.2 Å². The Labute approximate surface area is 190 Å². The van der Waals surface area contributed by atoms with Gasteiger partial charge in [0.15, 0.2) is 18.1 Å². The molecule has 0 saturated heterocycles. The van der Waals surface area contributed by atoms with Crippen LogP contribution in [0, 0.1) is 0 Å². The molecule has 2 atom stereocenters. The highest BCUT2D eigenvalue weighted by molar-refractivity contribution is 5.88. The van der Waals surface area contributed by atoms with Crippen LogP contribution < -0.4 is 19.5 Å². The smallest absolute Gasteiger partial charge is 0.261 e. The standard InChI is InChI=1S/C25H34N2O5/c1-6-18(3)26-25(29)21(7-2)27(16-19-12-14-20(30-4)15-13-19)24(28)17-32-23-11-9-8-10-22(23)31-5/h8-15,18,21H,6-7,16-17H2,1-5H3,(H,26,29)/t18-,21+/m0/s1. The van der Waals surface area contributed by atoms with Crippen molar-refractivity contribution >= 4 is 11.8 Å². The lowest BCUT2D eigenvalue weighted by Gasteiger charge is -2.31. The molecule has 2 rings (SSSR count). The van der Waals surface area contributed by atoms with Crippen molar-refractivity contribution in [2.24, 2.45) is 0 Å².